The van der Waals surface area contributed by atoms with E-state index in [4.69, 9.17) is 0 Å². The highest BCUT2D eigenvalue weighted by molar-refractivity contribution is 9.11. The summed E-state index contributed by atoms with van der Waals surface area (Å²) in [6.07, 6.45) is 0. The molecule has 0 atom stereocenters. The SMILES string of the molecule is C=C(C)c1c(Br)cc(Br)cc1Br. The Bertz CT molecular complexity index is 306. The third kappa shape index (κ3) is 2.21. The first-order chi connectivity index (χ1) is 5.52. The molecule has 0 radical (unpaired) electrons. The van der Waals surface area contributed by atoms with E-state index < -0.39 is 0 Å². The predicted octanol–water partition coefficient (Wildman–Crippen LogP) is 5.01. The van der Waals surface area contributed by atoms with Gasteiger partial charge in [0, 0.05) is 19.0 Å². The van der Waals surface area contributed by atoms with Crippen molar-refractivity contribution in [2.75, 3.05) is 0 Å². The molecule has 0 aliphatic heterocycles. The van der Waals surface area contributed by atoms with Gasteiger partial charge in [0.15, 0.2) is 0 Å². The topological polar surface area (TPSA) is 0 Å². The molecule has 0 N–H and O–H groups in total. The molecule has 1 aromatic carbocycles. The van der Waals surface area contributed by atoms with E-state index in [1.165, 1.54) is 0 Å². The monoisotopic (exact) mass is 352 g/mol. The van der Waals surface area contributed by atoms with Crippen LogP contribution in [0.15, 0.2) is 32.1 Å². The molecule has 0 nitrogen and oxygen atoms in total. The number of halogens is 3. The maximum atomic E-state index is 3.90. The van der Waals surface area contributed by atoms with Gasteiger partial charge in [-0.25, -0.2) is 0 Å². The first-order valence-electron chi connectivity index (χ1n) is 3.33. The largest absolute Gasteiger partial charge is 0.0954 e. The fraction of sp³-hybridized carbons (Fsp3) is 0.111. The number of hydrogen-bond donors (Lipinski definition) is 0. The van der Waals surface area contributed by atoms with Crippen LogP contribution in [0.25, 0.3) is 5.57 Å². The van der Waals surface area contributed by atoms with Gasteiger partial charge in [-0.2, -0.15) is 0 Å². The van der Waals surface area contributed by atoms with Gasteiger partial charge in [0.1, 0.15) is 0 Å². The molecule has 0 saturated heterocycles. The number of hydrogen-bond acceptors (Lipinski definition) is 0. The molecule has 0 spiro atoms. The van der Waals surface area contributed by atoms with Crippen molar-refractivity contribution in [2.24, 2.45) is 0 Å². The van der Waals surface area contributed by atoms with Crippen molar-refractivity contribution in [3.8, 4) is 0 Å². The van der Waals surface area contributed by atoms with Gasteiger partial charge >= 0.3 is 0 Å². The summed E-state index contributed by atoms with van der Waals surface area (Å²) >= 11 is 10.4. The van der Waals surface area contributed by atoms with E-state index in [1.54, 1.807) is 0 Å². The molecule has 1 aromatic rings. The summed E-state index contributed by atoms with van der Waals surface area (Å²) in [5, 5.41) is 0. The zero-order valence-electron chi connectivity index (χ0n) is 6.50. The second kappa shape index (κ2) is 4.07. The molecule has 12 heavy (non-hydrogen) atoms. The van der Waals surface area contributed by atoms with Crippen LogP contribution in [0.4, 0.5) is 0 Å². The Labute approximate surface area is 97.4 Å². The summed E-state index contributed by atoms with van der Waals surface area (Å²) in [7, 11) is 0. The Morgan fingerprint density at radius 2 is 1.58 bits per heavy atom. The predicted molar refractivity (Wildman–Crippen MR) is 64.3 cm³/mol. The number of rotatable bonds is 1. The van der Waals surface area contributed by atoms with Crippen molar-refractivity contribution in [3.63, 3.8) is 0 Å². The van der Waals surface area contributed by atoms with Crippen LogP contribution in [-0.4, -0.2) is 0 Å². The van der Waals surface area contributed by atoms with Crippen molar-refractivity contribution in [1.29, 1.82) is 0 Å². The highest BCUT2D eigenvalue weighted by atomic mass is 79.9. The van der Waals surface area contributed by atoms with Gasteiger partial charge in [-0.05, 0) is 24.6 Å². The Kier molecular flexibility index (Phi) is 3.56. The molecule has 0 aromatic heterocycles. The van der Waals surface area contributed by atoms with Gasteiger partial charge in [-0.15, -0.1) is 0 Å². The van der Waals surface area contributed by atoms with Gasteiger partial charge in [-0.1, -0.05) is 54.4 Å². The molecule has 1 rings (SSSR count). The molecule has 0 bridgehead atoms. The third-order valence-corrected chi connectivity index (χ3v) is 3.14. The zero-order chi connectivity index (χ0) is 9.30. The van der Waals surface area contributed by atoms with E-state index in [1.807, 2.05) is 19.1 Å². The molecular formula is C9H7Br3. The lowest BCUT2D eigenvalue weighted by atomic mass is 10.1. The molecule has 3 heteroatoms. The maximum absolute atomic E-state index is 3.90. The van der Waals surface area contributed by atoms with Gasteiger partial charge in [0.2, 0.25) is 0 Å². The summed E-state index contributed by atoms with van der Waals surface area (Å²) in [4.78, 5) is 0. The molecule has 64 valence electrons. The maximum Gasteiger partial charge on any atom is 0.0272 e. The number of allylic oxidation sites excluding steroid dienone is 1. The summed E-state index contributed by atoms with van der Waals surface area (Å²) < 4.78 is 3.15. The second-order valence-electron chi connectivity index (χ2n) is 2.52. The van der Waals surface area contributed by atoms with Crippen molar-refractivity contribution in [2.45, 2.75) is 6.92 Å². The Morgan fingerprint density at radius 3 is 1.92 bits per heavy atom. The molecule has 0 heterocycles. The molecule has 0 aliphatic carbocycles. The van der Waals surface area contributed by atoms with Crippen LogP contribution in [-0.2, 0) is 0 Å². The van der Waals surface area contributed by atoms with Crippen LogP contribution in [0.5, 0.6) is 0 Å². The van der Waals surface area contributed by atoms with Gasteiger partial charge in [0.25, 0.3) is 0 Å². The summed E-state index contributed by atoms with van der Waals surface area (Å²) in [6, 6.07) is 4.02. The van der Waals surface area contributed by atoms with Crippen LogP contribution >= 0.6 is 47.8 Å². The van der Waals surface area contributed by atoms with Gasteiger partial charge in [0.05, 0.1) is 0 Å². The molecule has 0 fully saturated rings. The Balaban J connectivity index is 3.38. The van der Waals surface area contributed by atoms with E-state index in [-0.39, 0.29) is 0 Å². The minimum Gasteiger partial charge on any atom is -0.0954 e. The van der Waals surface area contributed by atoms with E-state index in [0.717, 1.165) is 24.6 Å². The summed E-state index contributed by atoms with van der Waals surface area (Å²) in [5.41, 5.74) is 2.17. The van der Waals surface area contributed by atoms with Crippen LogP contribution in [0.2, 0.25) is 0 Å². The van der Waals surface area contributed by atoms with E-state index in [0.29, 0.717) is 0 Å². The third-order valence-electron chi connectivity index (χ3n) is 1.43. The van der Waals surface area contributed by atoms with Crippen LogP contribution < -0.4 is 0 Å². The summed E-state index contributed by atoms with van der Waals surface area (Å²) in [5.74, 6) is 0. The Hall–Kier alpha value is 0.400. The number of benzene rings is 1. The van der Waals surface area contributed by atoms with Crippen LogP contribution in [0.3, 0.4) is 0 Å². The van der Waals surface area contributed by atoms with Crippen LogP contribution in [0.1, 0.15) is 12.5 Å². The first-order valence-corrected chi connectivity index (χ1v) is 5.70. The zero-order valence-corrected chi connectivity index (χ0v) is 11.3. The highest BCUT2D eigenvalue weighted by Gasteiger charge is 2.06. The van der Waals surface area contributed by atoms with Crippen LogP contribution in [0, 0.1) is 0 Å². The normalized spacial score (nSPS) is 10.0. The lowest BCUT2D eigenvalue weighted by Gasteiger charge is -2.06. The molecular weight excluding hydrogens is 348 g/mol. The van der Waals surface area contributed by atoms with Gasteiger partial charge in [-0.3, -0.25) is 0 Å². The molecule has 0 amide bonds. The lowest BCUT2D eigenvalue weighted by molar-refractivity contribution is 1.47. The first kappa shape index (κ1) is 10.5. The quantitative estimate of drug-likeness (QED) is 0.665. The van der Waals surface area contributed by atoms with Crippen molar-refractivity contribution in [3.05, 3.63) is 37.7 Å². The summed E-state index contributed by atoms with van der Waals surface area (Å²) in [6.45, 7) is 5.89. The molecule has 0 saturated carbocycles. The van der Waals surface area contributed by atoms with E-state index in [9.17, 15) is 0 Å². The molecule has 0 aliphatic rings. The average Bonchev–Trinajstić information content (AvgIpc) is 1.82. The minimum atomic E-state index is 1.04. The van der Waals surface area contributed by atoms with Crippen molar-refractivity contribution >= 4 is 53.4 Å². The average molecular weight is 355 g/mol. The lowest BCUT2D eigenvalue weighted by Crippen LogP contribution is -1.83. The Morgan fingerprint density at radius 1 is 1.17 bits per heavy atom. The van der Waals surface area contributed by atoms with E-state index in [2.05, 4.69) is 54.4 Å². The fourth-order valence-electron chi connectivity index (χ4n) is 0.950. The smallest absolute Gasteiger partial charge is 0.0272 e. The fourth-order valence-corrected chi connectivity index (χ4v) is 3.89. The minimum absolute atomic E-state index is 1.04. The van der Waals surface area contributed by atoms with E-state index >= 15 is 0 Å². The highest BCUT2D eigenvalue weighted by Crippen LogP contribution is 2.33. The standard InChI is InChI=1S/C9H7Br3/c1-5(2)9-7(11)3-6(10)4-8(9)12/h3-4H,1H2,2H3. The van der Waals surface area contributed by atoms with Crippen molar-refractivity contribution < 1.29 is 0 Å². The van der Waals surface area contributed by atoms with Gasteiger partial charge < -0.3 is 0 Å². The second-order valence-corrected chi connectivity index (χ2v) is 5.15. The van der Waals surface area contributed by atoms with Crippen molar-refractivity contribution in [1.82, 2.24) is 0 Å². The molecule has 0 unspecified atom stereocenters.